The predicted octanol–water partition coefficient (Wildman–Crippen LogP) is 18.6. The molecule has 13 aromatic rings. The molecule has 0 saturated heterocycles. The highest BCUT2D eigenvalue weighted by atomic mass is 32.1. The summed E-state index contributed by atoms with van der Waals surface area (Å²) in [6.45, 7) is 0. The van der Waals surface area contributed by atoms with E-state index in [1.165, 1.54) is 24.3 Å². The molecule has 4 aromatic heterocycles. The van der Waals surface area contributed by atoms with Crippen molar-refractivity contribution in [3.8, 4) is 43.1 Å². The first-order chi connectivity index (χ1) is 32.5. The van der Waals surface area contributed by atoms with Gasteiger partial charge in [-0.3, -0.25) is 0 Å². The smallest absolute Gasteiger partial charge is 0.242 e. The molecule has 4 heterocycles. The molecule has 322 valence electrons. The van der Waals surface area contributed by atoms with Crippen molar-refractivity contribution >= 4 is 118 Å². The summed E-state index contributed by atoms with van der Waals surface area (Å²) in [6.07, 6.45) is -9.22. The third-order valence-electron chi connectivity index (χ3n) is 12.8. The highest BCUT2D eigenvalue weighted by molar-refractivity contribution is 7.28. The summed E-state index contributed by atoms with van der Waals surface area (Å²) >= 11 is 5.01. The second-order valence-corrected chi connectivity index (χ2v) is 19.7. The Kier molecular flexibility index (Phi) is 8.78. The first-order valence-corrected chi connectivity index (χ1v) is 23.7. The van der Waals surface area contributed by atoms with E-state index in [2.05, 4.69) is 60.7 Å². The molecule has 0 amide bonds. The number of halogens is 6. The molecule has 9 aromatic carbocycles. The van der Waals surface area contributed by atoms with Gasteiger partial charge in [-0.15, -0.1) is 34.0 Å². The van der Waals surface area contributed by atoms with Gasteiger partial charge in [0.1, 0.15) is 11.0 Å². The van der Waals surface area contributed by atoms with E-state index in [1.54, 1.807) is 82.5 Å². The second kappa shape index (κ2) is 14.7. The van der Waals surface area contributed by atoms with Gasteiger partial charge in [-0.1, -0.05) is 133 Å². The van der Waals surface area contributed by atoms with E-state index in [0.29, 0.717) is 54.7 Å². The topological polar surface area (TPSA) is 25.8 Å². The average Bonchev–Trinajstić information content (AvgIpc) is 4.04. The number of fused-ring (bicyclic) bond motifs is 13. The van der Waals surface area contributed by atoms with Gasteiger partial charge in [0.25, 0.3) is 0 Å². The Balaban J connectivity index is 1.19. The van der Waals surface area contributed by atoms with Gasteiger partial charge in [0.2, 0.25) is 0 Å². The highest BCUT2D eigenvalue weighted by Gasteiger charge is 2.35. The minimum absolute atomic E-state index is 0.0182. The molecule has 67 heavy (non-hydrogen) atoms. The number of alkyl halides is 6. The van der Waals surface area contributed by atoms with Crippen LogP contribution in [-0.2, 0) is 12.4 Å². The van der Waals surface area contributed by atoms with Crippen LogP contribution in [0.15, 0.2) is 170 Å². The third kappa shape index (κ3) is 6.21. The molecule has 0 saturated carbocycles. The molecule has 0 N–H and O–H groups in total. The maximum absolute atomic E-state index is 14.6. The first-order valence-electron chi connectivity index (χ1n) is 21.3. The van der Waals surface area contributed by atoms with Crippen LogP contribution in [0.5, 0.6) is 0 Å². The molecule has 0 aliphatic rings. The van der Waals surface area contributed by atoms with Gasteiger partial charge in [-0.25, -0.2) is 9.97 Å². The fraction of sp³-hybridized carbons (Fsp3) is 0.0357. The Morgan fingerprint density at radius 2 is 0.701 bits per heavy atom. The van der Waals surface area contributed by atoms with E-state index in [1.807, 2.05) is 24.3 Å². The summed E-state index contributed by atoms with van der Waals surface area (Å²) in [5, 5.41) is 7.00. The van der Waals surface area contributed by atoms with E-state index < -0.39 is 23.5 Å². The van der Waals surface area contributed by atoms with E-state index in [0.717, 1.165) is 73.4 Å². The minimum atomic E-state index is -4.61. The van der Waals surface area contributed by atoms with E-state index in [9.17, 15) is 26.3 Å². The van der Waals surface area contributed by atoms with Gasteiger partial charge in [-0.05, 0) is 69.4 Å². The van der Waals surface area contributed by atoms with Gasteiger partial charge >= 0.3 is 12.4 Å². The number of hydrogen-bond acceptors (Lipinski definition) is 5. The molecule has 11 heteroatoms. The quantitative estimate of drug-likeness (QED) is 0.130. The fourth-order valence-electron chi connectivity index (χ4n) is 9.79. The Bertz CT molecular complexity index is 3950. The zero-order valence-electron chi connectivity index (χ0n) is 34.6. The van der Waals surface area contributed by atoms with Crippen LogP contribution in [0.2, 0.25) is 0 Å². The summed E-state index contributed by atoms with van der Waals surface area (Å²) in [4.78, 5) is 12.9. The highest BCUT2D eigenvalue weighted by Crippen LogP contribution is 2.52. The van der Waals surface area contributed by atoms with E-state index >= 15 is 0 Å². The first kappa shape index (κ1) is 40.1. The lowest BCUT2D eigenvalue weighted by molar-refractivity contribution is -0.137. The zero-order valence-corrected chi connectivity index (χ0v) is 37.0. The monoisotopic (exact) mass is 938 g/mol. The van der Waals surface area contributed by atoms with Gasteiger partial charge in [0.05, 0.1) is 31.9 Å². The summed E-state index contributed by atoms with van der Waals surface area (Å²) in [6, 6.07) is 50.6. The van der Waals surface area contributed by atoms with Crippen molar-refractivity contribution in [1.82, 2.24) is 9.97 Å². The number of benzene rings is 9. The molecule has 2 nitrogen and oxygen atoms in total. The van der Waals surface area contributed by atoms with Gasteiger partial charge in [0.15, 0.2) is 0 Å². The van der Waals surface area contributed by atoms with Crippen LogP contribution >= 0.6 is 34.0 Å². The maximum Gasteiger partial charge on any atom is 0.417 e. The van der Waals surface area contributed by atoms with Crippen LogP contribution in [0.25, 0.3) is 127 Å². The van der Waals surface area contributed by atoms with Crippen molar-refractivity contribution in [3.63, 3.8) is 0 Å². The standard InChI is InChI=1S/C56H28F6N2S3/c57-55(58,59)43-19-5-1-11-31(43)29-23-25-33-34-26-24-30(32-12-2-6-20-44(32)56(60,61)62)28-42(34)48-47(41(33)27-29)63-49-50(64-48)54(40-18-10-16-38-36-14-4-8-22-46(36)66-52(38)40)67-53(49)39-17-9-15-37-35-13-3-7-21-45(35)65-51(37)39/h1-28H. The van der Waals surface area contributed by atoms with Crippen LogP contribution in [0.3, 0.4) is 0 Å². The molecule has 0 atom stereocenters. The number of rotatable bonds is 4. The lowest BCUT2D eigenvalue weighted by Crippen LogP contribution is -2.07. The normalized spacial score (nSPS) is 12.6. The van der Waals surface area contributed by atoms with Gasteiger partial charge in [-0.2, -0.15) is 26.3 Å². The molecular formula is C56H28F6N2S3. The Hall–Kier alpha value is -7.18. The van der Waals surface area contributed by atoms with Gasteiger partial charge < -0.3 is 0 Å². The predicted molar refractivity (Wildman–Crippen MR) is 267 cm³/mol. The van der Waals surface area contributed by atoms with Crippen LogP contribution in [0.1, 0.15) is 11.1 Å². The summed E-state index contributed by atoms with van der Waals surface area (Å²) in [5.41, 5.74) is 3.25. The maximum atomic E-state index is 14.6. The van der Waals surface area contributed by atoms with Crippen LogP contribution in [0, 0.1) is 0 Å². The summed E-state index contributed by atoms with van der Waals surface area (Å²) < 4.78 is 91.8. The summed E-state index contributed by atoms with van der Waals surface area (Å²) in [7, 11) is 0. The number of thiophene rings is 3. The van der Waals surface area contributed by atoms with Crippen LogP contribution < -0.4 is 0 Å². The molecule has 0 fully saturated rings. The fourth-order valence-corrected chi connectivity index (χ4v) is 13.6. The molecular weight excluding hydrogens is 911 g/mol. The van der Waals surface area contributed by atoms with Crippen molar-refractivity contribution in [3.05, 3.63) is 181 Å². The van der Waals surface area contributed by atoms with Crippen molar-refractivity contribution < 1.29 is 26.3 Å². The van der Waals surface area contributed by atoms with Crippen molar-refractivity contribution in [2.45, 2.75) is 12.4 Å². The number of nitrogens with zero attached hydrogens (tertiary/aromatic N) is 2. The van der Waals surface area contributed by atoms with E-state index in [-0.39, 0.29) is 11.1 Å². The lowest BCUT2D eigenvalue weighted by atomic mass is 9.91. The molecule has 0 unspecified atom stereocenters. The minimum Gasteiger partial charge on any atom is -0.242 e. The van der Waals surface area contributed by atoms with Crippen molar-refractivity contribution in [2.24, 2.45) is 0 Å². The largest absolute Gasteiger partial charge is 0.417 e. The molecule has 0 spiro atoms. The molecule has 13 rings (SSSR count). The summed E-state index contributed by atoms with van der Waals surface area (Å²) in [5.74, 6) is 0. The number of hydrogen-bond donors (Lipinski definition) is 0. The van der Waals surface area contributed by atoms with E-state index in [4.69, 9.17) is 9.97 Å². The molecule has 0 radical (unpaired) electrons. The Morgan fingerprint density at radius 3 is 1.15 bits per heavy atom. The number of aromatic nitrogens is 2. The molecule has 0 aliphatic heterocycles. The van der Waals surface area contributed by atoms with Crippen LogP contribution in [0.4, 0.5) is 26.3 Å². The Morgan fingerprint density at radius 1 is 0.313 bits per heavy atom. The molecule has 0 aliphatic carbocycles. The second-order valence-electron chi connectivity index (χ2n) is 16.5. The Labute approximate surface area is 388 Å². The average molecular weight is 939 g/mol. The molecule has 0 bridgehead atoms. The van der Waals surface area contributed by atoms with Crippen molar-refractivity contribution in [1.29, 1.82) is 0 Å². The van der Waals surface area contributed by atoms with Crippen LogP contribution in [-0.4, -0.2) is 9.97 Å². The zero-order chi connectivity index (χ0) is 45.3. The third-order valence-corrected chi connectivity index (χ3v) is 16.4. The van der Waals surface area contributed by atoms with Gasteiger partial charge in [0, 0.05) is 62.2 Å². The SMILES string of the molecule is FC(F)(F)c1ccccc1-c1ccc2c3ccc(-c4ccccc4C(F)(F)F)cc3c3nc4c(-c5cccc6c5sc5ccccc56)sc(-c5cccc6c5sc5ccccc56)c4nc3c2c1. The van der Waals surface area contributed by atoms with Crippen molar-refractivity contribution in [2.75, 3.05) is 0 Å². The lowest BCUT2D eigenvalue weighted by Gasteiger charge is -2.16.